The van der Waals surface area contributed by atoms with Crippen LogP contribution < -0.4 is 0 Å². The molecule has 0 aliphatic rings. The van der Waals surface area contributed by atoms with Crippen LogP contribution in [0.5, 0.6) is 0 Å². The zero-order valence-electron chi connectivity index (χ0n) is 8.89. The predicted molar refractivity (Wildman–Crippen MR) is 66.8 cm³/mol. The lowest BCUT2D eigenvalue weighted by Gasteiger charge is -2.12. The summed E-state index contributed by atoms with van der Waals surface area (Å²) in [5.74, 6) is 0. The summed E-state index contributed by atoms with van der Waals surface area (Å²) < 4.78 is 6.30. The molecule has 1 unspecified atom stereocenters. The highest BCUT2D eigenvalue weighted by molar-refractivity contribution is 7.15. The predicted octanol–water partition coefficient (Wildman–Crippen LogP) is 4.07. The van der Waals surface area contributed by atoms with Gasteiger partial charge in [0.1, 0.15) is 0 Å². The Labute approximate surface area is 104 Å². The minimum Gasteiger partial charge on any atom is -0.368 e. The molecule has 0 fully saturated rings. The third kappa shape index (κ3) is 3.04. The van der Waals surface area contributed by atoms with Gasteiger partial charge in [0.15, 0.2) is 4.47 Å². The van der Waals surface area contributed by atoms with Crippen LogP contribution in [0.25, 0.3) is 0 Å². The van der Waals surface area contributed by atoms with E-state index in [4.69, 9.17) is 16.3 Å². The van der Waals surface area contributed by atoms with Crippen LogP contribution >= 0.6 is 22.9 Å². The Bertz CT molecular complexity index is 443. The highest BCUT2D eigenvalue weighted by atomic mass is 35.5. The maximum Gasteiger partial charge on any atom is 0.183 e. The molecule has 1 heterocycles. The summed E-state index contributed by atoms with van der Waals surface area (Å²) in [7, 11) is 0. The second kappa shape index (κ2) is 5.43. The summed E-state index contributed by atoms with van der Waals surface area (Å²) in [6.45, 7) is 2.60. The molecule has 0 amide bonds. The topological polar surface area (TPSA) is 22.1 Å². The molecule has 0 saturated carbocycles. The van der Waals surface area contributed by atoms with Crippen LogP contribution in [0.1, 0.15) is 23.5 Å². The fourth-order valence-corrected chi connectivity index (χ4v) is 2.28. The van der Waals surface area contributed by atoms with Crippen molar-refractivity contribution in [3.8, 4) is 0 Å². The Hall–Kier alpha value is -0.900. The zero-order valence-corrected chi connectivity index (χ0v) is 10.5. The van der Waals surface area contributed by atoms with Gasteiger partial charge in [0.25, 0.3) is 0 Å². The number of aromatic nitrogens is 1. The Morgan fingerprint density at radius 3 is 2.75 bits per heavy atom. The van der Waals surface area contributed by atoms with Crippen LogP contribution in [-0.2, 0) is 11.3 Å². The van der Waals surface area contributed by atoms with Gasteiger partial charge in [-0.05, 0) is 12.5 Å². The molecule has 84 valence electrons. The molecule has 0 N–H and O–H groups in total. The van der Waals surface area contributed by atoms with Gasteiger partial charge >= 0.3 is 0 Å². The van der Waals surface area contributed by atoms with Crippen molar-refractivity contribution in [2.24, 2.45) is 0 Å². The van der Waals surface area contributed by atoms with E-state index in [0.29, 0.717) is 11.1 Å². The van der Waals surface area contributed by atoms with Gasteiger partial charge in [-0.25, -0.2) is 4.98 Å². The largest absolute Gasteiger partial charge is 0.368 e. The smallest absolute Gasteiger partial charge is 0.183 e. The van der Waals surface area contributed by atoms with Crippen LogP contribution in [-0.4, -0.2) is 4.98 Å². The molecule has 1 aromatic heterocycles. The molecular weight excluding hydrogens is 242 g/mol. The lowest BCUT2D eigenvalue weighted by atomic mass is 10.1. The van der Waals surface area contributed by atoms with Gasteiger partial charge in [0.2, 0.25) is 0 Å². The molecule has 0 radical (unpaired) electrons. The quantitative estimate of drug-likeness (QED) is 0.819. The molecule has 1 atom stereocenters. The summed E-state index contributed by atoms with van der Waals surface area (Å²) in [5.41, 5.74) is 1.18. The summed E-state index contributed by atoms with van der Waals surface area (Å²) in [6.07, 6.45) is 1.84. The molecule has 0 bridgehead atoms. The molecule has 0 saturated heterocycles. The monoisotopic (exact) mass is 253 g/mol. The van der Waals surface area contributed by atoms with Crippen molar-refractivity contribution < 1.29 is 4.74 Å². The van der Waals surface area contributed by atoms with Gasteiger partial charge in [-0.3, -0.25) is 0 Å². The third-order valence-electron chi connectivity index (χ3n) is 2.27. The van der Waals surface area contributed by atoms with Gasteiger partial charge < -0.3 is 4.74 Å². The van der Waals surface area contributed by atoms with Crippen molar-refractivity contribution in [3.63, 3.8) is 0 Å². The lowest BCUT2D eigenvalue weighted by Crippen LogP contribution is -1.98. The SMILES string of the molecule is CC(OCc1cnc(Cl)s1)c1ccccc1. The molecular formula is C12H12ClNOS. The molecule has 1 aromatic carbocycles. The van der Waals surface area contributed by atoms with E-state index in [1.54, 1.807) is 6.20 Å². The number of benzene rings is 1. The number of hydrogen-bond acceptors (Lipinski definition) is 3. The van der Waals surface area contributed by atoms with E-state index >= 15 is 0 Å². The fraction of sp³-hybridized carbons (Fsp3) is 0.250. The van der Waals surface area contributed by atoms with E-state index in [-0.39, 0.29) is 6.10 Å². The van der Waals surface area contributed by atoms with Gasteiger partial charge in [0.05, 0.1) is 17.6 Å². The second-order valence-electron chi connectivity index (χ2n) is 3.44. The van der Waals surface area contributed by atoms with E-state index in [9.17, 15) is 0 Å². The second-order valence-corrected chi connectivity index (χ2v) is 5.14. The van der Waals surface area contributed by atoms with E-state index in [0.717, 1.165) is 4.88 Å². The van der Waals surface area contributed by atoms with Crippen molar-refractivity contribution in [3.05, 3.63) is 51.4 Å². The van der Waals surface area contributed by atoms with Crippen LogP contribution in [0.2, 0.25) is 4.47 Å². The Morgan fingerprint density at radius 2 is 2.12 bits per heavy atom. The van der Waals surface area contributed by atoms with Crippen molar-refractivity contribution in [2.75, 3.05) is 0 Å². The van der Waals surface area contributed by atoms with Gasteiger partial charge in [-0.1, -0.05) is 41.9 Å². The van der Waals surface area contributed by atoms with Crippen molar-refractivity contribution in [1.29, 1.82) is 0 Å². The maximum atomic E-state index is 5.74. The number of nitrogens with zero attached hydrogens (tertiary/aromatic N) is 1. The normalized spacial score (nSPS) is 12.6. The number of rotatable bonds is 4. The van der Waals surface area contributed by atoms with E-state index in [1.165, 1.54) is 16.9 Å². The van der Waals surface area contributed by atoms with Crippen LogP contribution in [0, 0.1) is 0 Å². The number of hydrogen-bond donors (Lipinski definition) is 0. The zero-order chi connectivity index (χ0) is 11.4. The summed E-state index contributed by atoms with van der Waals surface area (Å²) >= 11 is 7.20. The first-order chi connectivity index (χ1) is 7.75. The Balaban J connectivity index is 1.91. The van der Waals surface area contributed by atoms with Gasteiger partial charge in [-0.15, -0.1) is 11.3 Å². The van der Waals surface area contributed by atoms with Crippen LogP contribution in [0.3, 0.4) is 0 Å². The Kier molecular flexibility index (Phi) is 3.93. The number of thiazole rings is 1. The van der Waals surface area contributed by atoms with Crippen LogP contribution in [0.4, 0.5) is 0 Å². The summed E-state index contributed by atoms with van der Waals surface area (Å²) in [6, 6.07) is 10.1. The minimum absolute atomic E-state index is 0.0853. The number of halogens is 1. The van der Waals surface area contributed by atoms with E-state index in [2.05, 4.69) is 17.1 Å². The number of ether oxygens (including phenoxy) is 1. The van der Waals surface area contributed by atoms with Crippen molar-refractivity contribution in [2.45, 2.75) is 19.6 Å². The van der Waals surface area contributed by atoms with Gasteiger partial charge in [-0.2, -0.15) is 0 Å². The average molecular weight is 254 g/mol. The minimum atomic E-state index is 0.0853. The molecule has 2 aromatic rings. The third-order valence-corrected chi connectivity index (χ3v) is 3.36. The molecule has 16 heavy (non-hydrogen) atoms. The first-order valence-corrected chi connectivity index (χ1v) is 6.22. The van der Waals surface area contributed by atoms with E-state index in [1.807, 2.05) is 25.1 Å². The first-order valence-electron chi connectivity index (χ1n) is 5.02. The first kappa shape index (κ1) is 11.6. The molecule has 2 nitrogen and oxygen atoms in total. The maximum absolute atomic E-state index is 5.74. The molecule has 0 aliphatic carbocycles. The highest BCUT2D eigenvalue weighted by Crippen LogP contribution is 2.22. The molecule has 0 aliphatic heterocycles. The Morgan fingerprint density at radius 1 is 1.38 bits per heavy atom. The highest BCUT2D eigenvalue weighted by Gasteiger charge is 2.06. The average Bonchev–Trinajstić information content (AvgIpc) is 2.73. The van der Waals surface area contributed by atoms with Crippen molar-refractivity contribution >= 4 is 22.9 Å². The van der Waals surface area contributed by atoms with Crippen LogP contribution in [0.15, 0.2) is 36.5 Å². The molecule has 2 rings (SSSR count). The fourth-order valence-electron chi connectivity index (χ4n) is 1.38. The lowest BCUT2D eigenvalue weighted by molar-refractivity contribution is 0.0541. The molecule has 0 spiro atoms. The van der Waals surface area contributed by atoms with Gasteiger partial charge in [0, 0.05) is 6.20 Å². The summed E-state index contributed by atoms with van der Waals surface area (Å²) in [5, 5.41) is 0. The molecule has 4 heteroatoms. The van der Waals surface area contributed by atoms with Crippen molar-refractivity contribution in [1.82, 2.24) is 4.98 Å². The van der Waals surface area contributed by atoms with E-state index < -0.39 is 0 Å². The summed E-state index contributed by atoms with van der Waals surface area (Å²) in [4.78, 5) is 5.02. The standard InChI is InChI=1S/C12H12ClNOS/c1-9(10-5-3-2-4-6-10)15-8-11-7-14-12(13)16-11/h2-7,9H,8H2,1H3.